The van der Waals surface area contributed by atoms with Crippen LogP contribution < -0.4 is 11.1 Å². The van der Waals surface area contributed by atoms with Crippen molar-refractivity contribution in [2.45, 2.75) is 51.6 Å². The van der Waals surface area contributed by atoms with Gasteiger partial charge in [0.2, 0.25) is 11.8 Å². The summed E-state index contributed by atoms with van der Waals surface area (Å²) in [5.41, 5.74) is 5.09. The summed E-state index contributed by atoms with van der Waals surface area (Å²) in [6.07, 6.45) is 2.64. The highest BCUT2D eigenvalue weighted by Gasteiger charge is 2.41. The summed E-state index contributed by atoms with van der Waals surface area (Å²) in [7, 11) is 0. The molecule has 0 radical (unpaired) electrons. The first-order valence-corrected chi connectivity index (χ1v) is 6.26. The zero-order valence-corrected chi connectivity index (χ0v) is 11.0. The Morgan fingerprint density at radius 1 is 1.59 bits per heavy atom. The molecule has 1 rings (SSSR count). The first-order valence-electron chi connectivity index (χ1n) is 6.26. The van der Waals surface area contributed by atoms with Crippen LogP contribution in [-0.4, -0.2) is 41.4 Å². The number of carbonyl (C=O) groups is 2. The van der Waals surface area contributed by atoms with Crippen LogP contribution in [0.15, 0.2) is 0 Å². The van der Waals surface area contributed by atoms with Crippen LogP contribution in [0.1, 0.15) is 40.0 Å². The van der Waals surface area contributed by atoms with Gasteiger partial charge >= 0.3 is 0 Å². The third-order valence-electron chi connectivity index (χ3n) is 3.30. The largest absolute Gasteiger partial charge is 0.352 e. The Labute approximate surface area is 103 Å². The monoisotopic (exact) mass is 241 g/mol. The van der Waals surface area contributed by atoms with Crippen LogP contribution in [0.4, 0.5) is 0 Å². The topological polar surface area (TPSA) is 75.4 Å². The first-order chi connectivity index (χ1) is 7.91. The number of hydrogen-bond acceptors (Lipinski definition) is 3. The lowest BCUT2D eigenvalue weighted by Gasteiger charge is -2.42. The maximum atomic E-state index is 12.2. The predicted octanol–water partition coefficient (Wildman–Crippen LogP) is 0.241. The molecule has 0 unspecified atom stereocenters. The molecule has 5 nitrogen and oxygen atoms in total. The molecule has 0 aliphatic carbocycles. The lowest BCUT2D eigenvalue weighted by Crippen LogP contribution is -2.65. The Morgan fingerprint density at radius 3 is 2.82 bits per heavy atom. The van der Waals surface area contributed by atoms with Crippen LogP contribution in [0.3, 0.4) is 0 Å². The molecule has 1 atom stereocenters. The van der Waals surface area contributed by atoms with Gasteiger partial charge in [0.25, 0.3) is 0 Å². The van der Waals surface area contributed by atoms with Crippen LogP contribution >= 0.6 is 0 Å². The summed E-state index contributed by atoms with van der Waals surface area (Å²) in [5, 5.41) is 2.77. The Balaban J connectivity index is 2.70. The van der Waals surface area contributed by atoms with Crippen molar-refractivity contribution in [2.24, 2.45) is 5.73 Å². The number of unbranched alkanes of at least 4 members (excludes halogenated alkanes) is 1. The van der Waals surface area contributed by atoms with E-state index in [1.165, 1.54) is 0 Å². The van der Waals surface area contributed by atoms with E-state index in [1.807, 2.05) is 0 Å². The summed E-state index contributed by atoms with van der Waals surface area (Å²) in [6.45, 7) is 6.62. The fraction of sp³-hybridized carbons (Fsp3) is 0.833. The summed E-state index contributed by atoms with van der Waals surface area (Å²) >= 11 is 0. The lowest BCUT2D eigenvalue weighted by atomic mass is 9.97. The average Bonchev–Trinajstić information content (AvgIpc) is 2.28. The minimum Gasteiger partial charge on any atom is -0.352 e. The second-order valence-electron chi connectivity index (χ2n) is 5.05. The summed E-state index contributed by atoms with van der Waals surface area (Å²) in [4.78, 5) is 25.5. The molecule has 1 heterocycles. The number of piperazine rings is 1. The van der Waals surface area contributed by atoms with Crippen LogP contribution in [0.25, 0.3) is 0 Å². The average molecular weight is 241 g/mol. The van der Waals surface area contributed by atoms with Crippen LogP contribution in [0.2, 0.25) is 0 Å². The zero-order valence-electron chi connectivity index (χ0n) is 11.0. The van der Waals surface area contributed by atoms with Gasteiger partial charge in [-0.2, -0.15) is 0 Å². The van der Waals surface area contributed by atoms with Crippen LogP contribution in [-0.2, 0) is 9.59 Å². The summed E-state index contributed by atoms with van der Waals surface area (Å²) in [5.74, 6) is -0.224. The molecule has 1 aliphatic heterocycles. The van der Waals surface area contributed by atoms with Crippen LogP contribution in [0, 0.1) is 0 Å². The van der Waals surface area contributed by atoms with E-state index in [0.29, 0.717) is 19.5 Å². The number of nitrogens with one attached hydrogen (secondary N) is 1. The molecule has 2 amide bonds. The van der Waals surface area contributed by atoms with E-state index in [9.17, 15) is 9.59 Å². The number of amides is 2. The van der Waals surface area contributed by atoms with Crippen molar-refractivity contribution >= 4 is 11.8 Å². The maximum absolute atomic E-state index is 12.2. The minimum atomic E-state index is -0.792. The molecular weight excluding hydrogens is 218 g/mol. The predicted molar refractivity (Wildman–Crippen MR) is 66.3 cm³/mol. The van der Waals surface area contributed by atoms with Crippen molar-refractivity contribution in [3.05, 3.63) is 0 Å². The number of rotatable bonds is 4. The van der Waals surface area contributed by atoms with Gasteiger partial charge in [0, 0.05) is 13.1 Å². The highest BCUT2D eigenvalue weighted by Crippen LogP contribution is 2.19. The summed E-state index contributed by atoms with van der Waals surface area (Å²) < 4.78 is 0. The Morgan fingerprint density at radius 2 is 2.24 bits per heavy atom. The van der Waals surface area contributed by atoms with Crippen molar-refractivity contribution < 1.29 is 9.59 Å². The van der Waals surface area contributed by atoms with Gasteiger partial charge in [-0.05, 0) is 20.3 Å². The normalized spacial score (nSPS) is 20.9. The van der Waals surface area contributed by atoms with E-state index in [1.54, 1.807) is 18.7 Å². The highest BCUT2D eigenvalue weighted by atomic mass is 16.2. The van der Waals surface area contributed by atoms with Crippen molar-refractivity contribution in [1.29, 1.82) is 0 Å². The molecule has 0 saturated carbocycles. The van der Waals surface area contributed by atoms with Crippen molar-refractivity contribution in [2.75, 3.05) is 13.1 Å². The van der Waals surface area contributed by atoms with Crippen molar-refractivity contribution in [3.8, 4) is 0 Å². The molecule has 3 N–H and O–H groups in total. The number of hydrogen-bond donors (Lipinski definition) is 2. The fourth-order valence-electron chi connectivity index (χ4n) is 2.03. The minimum absolute atomic E-state index is 0.111. The molecule has 98 valence electrons. The van der Waals surface area contributed by atoms with E-state index >= 15 is 0 Å². The molecule has 0 bridgehead atoms. The fourth-order valence-corrected chi connectivity index (χ4v) is 2.03. The molecule has 0 aromatic rings. The molecule has 5 heteroatoms. The maximum Gasteiger partial charge on any atom is 0.245 e. The molecule has 1 fully saturated rings. The molecule has 1 saturated heterocycles. The molecule has 0 aromatic heterocycles. The van der Waals surface area contributed by atoms with E-state index in [4.69, 9.17) is 5.73 Å². The van der Waals surface area contributed by atoms with Gasteiger partial charge in [-0.15, -0.1) is 0 Å². The summed E-state index contributed by atoms with van der Waals surface area (Å²) in [6, 6.07) is -0.486. The SMILES string of the molecule is CCCC[C@H](N)C(=O)N1CCNC(=O)C1(C)C. The first kappa shape index (κ1) is 14.0. The van der Waals surface area contributed by atoms with Gasteiger partial charge in [0.05, 0.1) is 6.04 Å². The Kier molecular flexibility index (Phi) is 4.51. The van der Waals surface area contributed by atoms with E-state index < -0.39 is 11.6 Å². The second-order valence-corrected chi connectivity index (χ2v) is 5.05. The van der Waals surface area contributed by atoms with Gasteiger partial charge in [-0.1, -0.05) is 19.8 Å². The van der Waals surface area contributed by atoms with Gasteiger partial charge in [-0.3, -0.25) is 9.59 Å². The third kappa shape index (κ3) is 2.97. The standard InChI is InChI=1S/C12H23N3O2/c1-4-5-6-9(13)10(16)15-8-7-14-11(17)12(15,2)3/h9H,4-8,13H2,1-3H3,(H,14,17)/t9-/m0/s1. The molecule has 0 aromatic carbocycles. The van der Waals surface area contributed by atoms with E-state index in [0.717, 1.165) is 12.8 Å². The zero-order chi connectivity index (χ0) is 13.1. The Hall–Kier alpha value is -1.10. The molecular formula is C12H23N3O2. The van der Waals surface area contributed by atoms with Gasteiger partial charge in [0.1, 0.15) is 5.54 Å². The highest BCUT2D eigenvalue weighted by molar-refractivity contribution is 5.93. The molecule has 1 aliphatic rings. The Bertz CT molecular complexity index is 302. The number of carbonyl (C=O) groups excluding carboxylic acids is 2. The lowest BCUT2D eigenvalue weighted by molar-refractivity contribution is -0.150. The quantitative estimate of drug-likeness (QED) is 0.740. The van der Waals surface area contributed by atoms with E-state index in [-0.39, 0.29) is 11.8 Å². The number of nitrogens with zero attached hydrogens (tertiary/aromatic N) is 1. The molecule has 0 spiro atoms. The van der Waals surface area contributed by atoms with Crippen LogP contribution in [0.5, 0.6) is 0 Å². The van der Waals surface area contributed by atoms with Crippen molar-refractivity contribution in [3.63, 3.8) is 0 Å². The van der Waals surface area contributed by atoms with Gasteiger partial charge in [-0.25, -0.2) is 0 Å². The van der Waals surface area contributed by atoms with Crippen molar-refractivity contribution in [1.82, 2.24) is 10.2 Å². The van der Waals surface area contributed by atoms with Gasteiger partial charge in [0.15, 0.2) is 0 Å². The third-order valence-corrected chi connectivity index (χ3v) is 3.30. The van der Waals surface area contributed by atoms with E-state index in [2.05, 4.69) is 12.2 Å². The molecule has 17 heavy (non-hydrogen) atoms. The number of nitrogens with two attached hydrogens (primary N) is 1. The van der Waals surface area contributed by atoms with Gasteiger partial charge < -0.3 is 16.0 Å². The second kappa shape index (κ2) is 5.49. The smallest absolute Gasteiger partial charge is 0.245 e.